The molecule has 0 aliphatic rings. The quantitative estimate of drug-likeness (QED) is 0.575. The Morgan fingerprint density at radius 3 is 2.67 bits per heavy atom. The van der Waals surface area contributed by atoms with Crippen LogP contribution in [0, 0.1) is 18.3 Å². The van der Waals surface area contributed by atoms with E-state index in [4.69, 9.17) is 5.26 Å². The molecule has 1 heteroatoms. The molecule has 0 N–H and O–H groups in total. The van der Waals surface area contributed by atoms with Crippen LogP contribution in [0.15, 0.2) is 29.8 Å². The molecular formula is C11H11N. The Morgan fingerprint density at radius 2 is 2.08 bits per heavy atom. The van der Waals surface area contributed by atoms with Gasteiger partial charge in [0.05, 0.1) is 6.07 Å². The van der Waals surface area contributed by atoms with Gasteiger partial charge in [-0.2, -0.15) is 5.26 Å². The van der Waals surface area contributed by atoms with Crippen molar-refractivity contribution in [2.75, 3.05) is 0 Å². The molecule has 0 spiro atoms. The van der Waals surface area contributed by atoms with Crippen molar-refractivity contribution in [1.82, 2.24) is 0 Å². The molecule has 0 saturated carbocycles. The lowest BCUT2D eigenvalue weighted by Crippen LogP contribution is -1.79. The fourth-order valence-corrected chi connectivity index (χ4v) is 1.01. The van der Waals surface area contributed by atoms with Gasteiger partial charge < -0.3 is 0 Å². The predicted octanol–water partition coefficient (Wildman–Crippen LogP) is 2.92. The molecule has 1 aromatic carbocycles. The van der Waals surface area contributed by atoms with E-state index in [0.717, 1.165) is 11.1 Å². The van der Waals surface area contributed by atoms with Crippen molar-refractivity contribution >= 4 is 6.08 Å². The van der Waals surface area contributed by atoms with Gasteiger partial charge in [-0.05, 0) is 31.1 Å². The maximum Gasteiger partial charge on any atom is 0.0944 e. The average Bonchev–Trinajstić information content (AvgIpc) is 2.09. The van der Waals surface area contributed by atoms with Crippen LogP contribution in [-0.2, 0) is 0 Å². The summed E-state index contributed by atoms with van der Waals surface area (Å²) < 4.78 is 0. The van der Waals surface area contributed by atoms with Crippen LogP contribution in [-0.4, -0.2) is 0 Å². The second-order valence-electron chi connectivity index (χ2n) is 2.80. The van der Waals surface area contributed by atoms with Crippen LogP contribution in [0.25, 0.3) is 6.08 Å². The fraction of sp³-hybridized carbons (Fsp3) is 0.182. The Hall–Kier alpha value is -1.55. The molecule has 0 bridgehead atoms. The van der Waals surface area contributed by atoms with Crippen LogP contribution < -0.4 is 0 Å². The van der Waals surface area contributed by atoms with Crippen LogP contribution in [0.3, 0.4) is 0 Å². The molecule has 0 atom stereocenters. The lowest BCUT2D eigenvalue weighted by molar-refractivity contribution is 1.42. The maximum absolute atomic E-state index is 8.57. The van der Waals surface area contributed by atoms with E-state index in [1.54, 1.807) is 0 Å². The first-order valence-corrected chi connectivity index (χ1v) is 3.88. The summed E-state index contributed by atoms with van der Waals surface area (Å²) >= 11 is 0. The van der Waals surface area contributed by atoms with Gasteiger partial charge in [-0.25, -0.2) is 0 Å². The summed E-state index contributed by atoms with van der Waals surface area (Å²) in [6, 6.07) is 10.1. The molecular weight excluding hydrogens is 146 g/mol. The monoisotopic (exact) mass is 157 g/mol. The topological polar surface area (TPSA) is 23.8 Å². The molecule has 0 fully saturated rings. The van der Waals surface area contributed by atoms with E-state index in [1.165, 1.54) is 5.56 Å². The van der Waals surface area contributed by atoms with Crippen molar-refractivity contribution < 1.29 is 0 Å². The standard InChI is InChI=1S/C11H11N/c1-9(8-12)7-11-6-4-3-5-10(11)2/h3-7H,1-2H3/b9-7+. The van der Waals surface area contributed by atoms with E-state index in [9.17, 15) is 0 Å². The Morgan fingerprint density at radius 1 is 1.42 bits per heavy atom. The van der Waals surface area contributed by atoms with E-state index in [0.29, 0.717) is 0 Å². The third-order valence-corrected chi connectivity index (χ3v) is 1.74. The molecule has 0 unspecified atom stereocenters. The summed E-state index contributed by atoms with van der Waals surface area (Å²) in [5.41, 5.74) is 3.06. The molecule has 12 heavy (non-hydrogen) atoms. The van der Waals surface area contributed by atoms with E-state index < -0.39 is 0 Å². The highest BCUT2D eigenvalue weighted by molar-refractivity contribution is 5.58. The lowest BCUT2D eigenvalue weighted by Gasteiger charge is -1.97. The predicted molar refractivity (Wildman–Crippen MR) is 50.4 cm³/mol. The number of nitriles is 1. The molecule has 0 aliphatic carbocycles. The van der Waals surface area contributed by atoms with Crippen LogP contribution >= 0.6 is 0 Å². The fourth-order valence-electron chi connectivity index (χ4n) is 1.01. The zero-order valence-corrected chi connectivity index (χ0v) is 7.33. The normalized spacial score (nSPS) is 10.9. The third-order valence-electron chi connectivity index (χ3n) is 1.74. The lowest BCUT2D eigenvalue weighted by atomic mass is 10.1. The van der Waals surface area contributed by atoms with E-state index in [-0.39, 0.29) is 0 Å². The Bertz CT molecular complexity index is 342. The first-order chi connectivity index (χ1) is 5.74. The van der Waals surface area contributed by atoms with Gasteiger partial charge in [-0.15, -0.1) is 0 Å². The number of rotatable bonds is 1. The molecule has 60 valence electrons. The summed E-state index contributed by atoms with van der Waals surface area (Å²) in [6.07, 6.45) is 1.90. The second kappa shape index (κ2) is 3.73. The summed E-state index contributed by atoms with van der Waals surface area (Å²) in [6.45, 7) is 3.85. The van der Waals surface area contributed by atoms with Crippen LogP contribution in [0.1, 0.15) is 18.1 Å². The molecule has 0 aliphatic heterocycles. The second-order valence-corrected chi connectivity index (χ2v) is 2.80. The maximum atomic E-state index is 8.57. The van der Waals surface area contributed by atoms with Gasteiger partial charge in [0.2, 0.25) is 0 Å². The molecule has 1 nitrogen and oxygen atoms in total. The highest BCUT2D eigenvalue weighted by Crippen LogP contribution is 2.10. The zero-order chi connectivity index (χ0) is 8.97. The number of hydrogen-bond acceptors (Lipinski definition) is 1. The van der Waals surface area contributed by atoms with Crippen LogP contribution in [0.2, 0.25) is 0 Å². The minimum atomic E-state index is 0.740. The summed E-state index contributed by atoms with van der Waals surface area (Å²) in [5.74, 6) is 0. The number of nitrogens with zero attached hydrogens (tertiary/aromatic N) is 1. The van der Waals surface area contributed by atoms with Gasteiger partial charge >= 0.3 is 0 Å². The first-order valence-electron chi connectivity index (χ1n) is 3.88. The summed E-state index contributed by atoms with van der Waals surface area (Å²) in [4.78, 5) is 0. The number of hydrogen-bond donors (Lipinski definition) is 0. The zero-order valence-electron chi connectivity index (χ0n) is 7.33. The Kier molecular flexibility index (Phi) is 2.66. The largest absolute Gasteiger partial charge is 0.193 e. The molecule has 0 radical (unpaired) electrons. The molecule has 0 amide bonds. The minimum Gasteiger partial charge on any atom is -0.193 e. The van der Waals surface area contributed by atoms with Crippen molar-refractivity contribution in [2.45, 2.75) is 13.8 Å². The SMILES string of the molecule is C/C(C#N)=C\c1ccccc1C. The van der Waals surface area contributed by atoms with Crippen molar-refractivity contribution in [3.63, 3.8) is 0 Å². The number of allylic oxidation sites excluding steroid dienone is 1. The molecule has 0 aromatic heterocycles. The smallest absolute Gasteiger partial charge is 0.0944 e. The summed E-state index contributed by atoms with van der Waals surface area (Å²) in [7, 11) is 0. The van der Waals surface area contributed by atoms with Gasteiger partial charge in [-0.3, -0.25) is 0 Å². The van der Waals surface area contributed by atoms with Crippen molar-refractivity contribution in [3.05, 3.63) is 41.0 Å². The van der Waals surface area contributed by atoms with Crippen LogP contribution in [0.5, 0.6) is 0 Å². The number of benzene rings is 1. The molecule has 0 heterocycles. The van der Waals surface area contributed by atoms with Crippen molar-refractivity contribution in [1.29, 1.82) is 5.26 Å². The van der Waals surface area contributed by atoms with E-state index in [2.05, 4.69) is 6.07 Å². The molecule has 1 aromatic rings. The highest BCUT2D eigenvalue weighted by Gasteiger charge is 1.92. The average molecular weight is 157 g/mol. The Balaban J connectivity index is 3.06. The van der Waals surface area contributed by atoms with Gasteiger partial charge in [0.25, 0.3) is 0 Å². The molecule has 0 saturated heterocycles. The van der Waals surface area contributed by atoms with Gasteiger partial charge in [0, 0.05) is 5.57 Å². The van der Waals surface area contributed by atoms with E-state index in [1.807, 2.05) is 44.2 Å². The van der Waals surface area contributed by atoms with E-state index >= 15 is 0 Å². The van der Waals surface area contributed by atoms with Gasteiger partial charge in [0.1, 0.15) is 0 Å². The van der Waals surface area contributed by atoms with Crippen molar-refractivity contribution in [3.8, 4) is 6.07 Å². The summed E-state index contributed by atoms with van der Waals surface area (Å²) in [5, 5.41) is 8.57. The number of aryl methyl sites for hydroxylation is 1. The first kappa shape index (κ1) is 8.55. The van der Waals surface area contributed by atoms with Crippen LogP contribution in [0.4, 0.5) is 0 Å². The Labute approximate surface area is 73.0 Å². The third kappa shape index (κ3) is 1.96. The van der Waals surface area contributed by atoms with Crippen molar-refractivity contribution in [2.24, 2.45) is 0 Å². The minimum absolute atomic E-state index is 0.740. The van der Waals surface area contributed by atoms with Gasteiger partial charge in [-0.1, -0.05) is 24.3 Å². The molecule has 1 rings (SSSR count). The highest BCUT2D eigenvalue weighted by atomic mass is 14.2. The van der Waals surface area contributed by atoms with Gasteiger partial charge in [0.15, 0.2) is 0 Å².